The Balaban J connectivity index is 1.96. The van der Waals surface area contributed by atoms with Gasteiger partial charge >= 0.3 is 0 Å². The second-order valence-corrected chi connectivity index (χ2v) is 5.64. The summed E-state index contributed by atoms with van der Waals surface area (Å²) in [4.78, 5) is 2.40. The van der Waals surface area contributed by atoms with Crippen molar-refractivity contribution in [2.75, 3.05) is 26.2 Å². The third-order valence-corrected chi connectivity index (χ3v) is 4.13. The summed E-state index contributed by atoms with van der Waals surface area (Å²) in [6.45, 7) is 8.37. The molecule has 0 unspecified atom stereocenters. The Bertz CT molecular complexity index is 567. The van der Waals surface area contributed by atoms with E-state index in [9.17, 15) is 0 Å². The van der Waals surface area contributed by atoms with Gasteiger partial charge in [-0.2, -0.15) is 0 Å². The fourth-order valence-electron chi connectivity index (χ4n) is 2.45. The normalized spacial score (nSPS) is 10.9. The molecule has 0 spiro atoms. The van der Waals surface area contributed by atoms with Crippen molar-refractivity contribution < 1.29 is 4.74 Å². The van der Waals surface area contributed by atoms with E-state index in [0.29, 0.717) is 0 Å². The highest BCUT2D eigenvalue weighted by atomic mass is 35.5. The third kappa shape index (κ3) is 4.75. The molecule has 0 heterocycles. The lowest BCUT2D eigenvalue weighted by Crippen LogP contribution is -2.25. The molecule has 0 atom stereocenters. The van der Waals surface area contributed by atoms with Crippen molar-refractivity contribution in [1.29, 1.82) is 0 Å². The number of hydrogen-bond acceptors (Lipinski definition) is 2. The highest BCUT2D eigenvalue weighted by Gasteiger charge is 2.06. The summed E-state index contributed by atoms with van der Waals surface area (Å²) < 4.78 is 5.88. The minimum absolute atomic E-state index is 0.729. The van der Waals surface area contributed by atoms with Gasteiger partial charge in [-0.05, 0) is 43.3 Å². The van der Waals surface area contributed by atoms with Crippen LogP contribution in [-0.4, -0.2) is 31.1 Å². The van der Waals surface area contributed by atoms with Gasteiger partial charge in [-0.15, -0.1) is 0 Å². The van der Waals surface area contributed by atoms with Gasteiger partial charge in [0.2, 0.25) is 0 Å². The van der Waals surface area contributed by atoms with E-state index in [2.05, 4.69) is 30.9 Å². The zero-order valence-electron chi connectivity index (χ0n) is 13.4. The largest absolute Gasteiger partial charge is 0.494 e. The number of rotatable bonds is 8. The predicted molar refractivity (Wildman–Crippen MR) is 94.8 cm³/mol. The van der Waals surface area contributed by atoms with Crippen LogP contribution in [0, 0.1) is 0 Å². The van der Waals surface area contributed by atoms with Gasteiger partial charge in [-0.3, -0.25) is 0 Å². The van der Waals surface area contributed by atoms with Crippen molar-refractivity contribution in [1.82, 2.24) is 4.90 Å². The Morgan fingerprint density at radius 2 is 1.73 bits per heavy atom. The van der Waals surface area contributed by atoms with Crippen molar-refractivity contribution >= 4 is 11.6 Å². The molecule has 0 aliphatic carbocycles. The average molecular weight is 318 g/mol. The summed E-state index contributed by atoms with van der Waals surface area (Å²) in [5.41, 5.74) is 2.13. The standard InChI is InChI=1S/C19H24ClNO/c1-3-21(4-2)13-8-14-22-17-11-12-19(20)18(15-17)16-9-6-5-7-10-16/h5-7,9-12,15H,3-4,8,13-14H2,1-2H3. The first-order valence-corrected chi connectivity index (χ1v) is 8.32. The zero-order chi connectivity index (χ0) is 15.8. The van der Waals surface area contributed by atoms with Crippen LogP contribution in [0.25, 0.3) is 11.1 Å². The van der Waals surface area contributed by atoms with Crippen molar-refractivity contribution in [3.63, 3.8) is 0 Å². The summed E-state index contributed by atoms with van der Waals surface area (Å²) in [7, 11) is 0. The molecule has 118 valence electrons. The third-order valence-electron chi connectivity index (χ3n) is 3.80. The van der Waals surface area contributed by atoms with E-state index in [1.807, 2.05) is 36.4 Å². The highest BCUT2D eigenvalue weighted by Crippen LogP contribution is 2.31. The van der Waals surface area contributed by atoms with Gasteiger partial charge in [0, 0.05) is 17.1 Å². The molecule has 0 aliphatic heterocycles. The van der Waals surface area contributed by atoms with E-state index in [1.54, 1.807) is 0 Å². The lowest BCUT2D eigenvalue weighted by atomic mass is 10.1. The van der Waals surface area contributed by atoms with E-state index in [-0.39, 0.29) is 0 Å². The van der Waals surface area contributed by atoms with Gasteiger partial charge in [-0.25, -0.2) is 0 Å². The zero-order valence-corrected chi connectivity index (χ0v) is 14.1. The number of ether oxygens (including phenoxy) is 1. The Morgan fingerprint density at radius 3 is 2.41 bits per heavy atom. The monoisotopic (exact) mass is 317 g/mol. The average Bonchev–Trinajstić information content (AvgIpc) is 2.57. The van der Waals surface area contributed by atoms with E-state index >= 15 is 0 Å². The van der Waals surface area contributed by atoms with Crippen LogP contribution in [0.2, 0.25) is 5.02 Å². The molecular formula is C19H24ClNO. The molecule has 3 heteroatoms. The quantitative estimate of drug-likeness (QED) is 0.627. The first kappa shape index (κ1) is 16.9. The molecule has 0 amide bonds. The van der Waals surface area contributed by atoms with Gasteiger partial charge < -0.3 is 9.64 Å². The minimum Gasteiger partial charge on any atom is -0.494 e. The molecule has 0 N–H and O–H groups in total. The summed E-state index contributed by atoms with van der Waals surface area (Å²) in [6, 6.07) is 16.0. The van der Waals surface area contributed by atoms with Gasteiger partial charge in [0.15, 0.2) is 0 Å². The number of nitrogens with zero attached hydrogens (tertiary/aromatic N) is 1. The van der Waals surface area contributed by atoms with Crippen LogP contribution in [0.5, 0.6) is 5.75 Å². The smallest absolute Gasteiger partial charge is 0.120 e. The second-order valence-electron chi connectivity index (χ2n) is 5.24. The molecule has 0 aromatic heterocycles. The maximum atomic E-state index is 6.31. The Hall–Kier alpha value is -1.51. The first-order valence-electron chi connectivity index (χ1n) is 7.94. The lowest BCUT2D eigenvalue weighted by Gasteiger charge is -2.17. The molecule has 0 aliphatic rings. The molecular weight excluding hydrogens is 294 g/mol. The van der Waals surface area contributed by atoms with Crippen LogP contribution in [0.3, 0.4) is 0 Å². The van der Waals surface area contributed by atoms with E-state index in [0.717, 1.165) is 54.6 Å². The molecule has 0 bridgehead atoms. The molecule has 0 saturated carbocycles. The van der Waals surface area contributed by atoms with Crippen molar-refractivity contribution in [2.45, 2.75) is 20.3 Å². The topological polar surface area (TPSA) is 12.5 Å². The molecule has 2 aromatic rings. The van der Waals surface area contributed by atoms with Crippen LogP contribution in [0.4, 0.5) is 0 Å². The van der Waals surface area contributed by atoms with Gasteiger partial charge in [-0.1, -0.05) is 55.8 Å². The SMILES string of the molecule is CCN(CC)CCCOc1ccc(Cl)c(-c2ccccc2)c1. The number of halogens is 1. The van der Waals surface area contributed by atoms with E-state index < -0.39 is 0 Å². The van der Waals surface area contributed by atoms with Crippen molar-refractivity contribution in [2.24, 2.45) is 0 Å². The number of hydrogen-bond donors (Lipinski definition) is 0. The predicted octanol–water partition coefficient (Wildman–Crippen LogP) is 5.12. The van der Waals surface area contributed by atoms with Crippen LogP contribution in [0.15, 0.2) is 48.5 Å². The number of benzene rings is 2. The molecule has 2 rings (SSSR count). The van der Waals surface area contributed by atoms with E-state index in [1.165, 1.54) is 0 Å². The van der Waals surface area contributed by atoms with Gasteiger partial charge in [0.05, 0.1) is 6.61 Å². The van der Waals surface area contributed by atoms with Crippen LogP contribution < -0.4 is 4.74 Å². The fraction of sp³-hybridized carbons (Fsp3) is 0.368. The van der Waals surface area contributed by atoms with Crippen molar-refractivity contribution in [3.8, 4) is 16.9 Å². The Labute approximate surface area is 138 Å². The van der Waals surface area contributed by atoms with Gasteiger partial charge in [0.1, 0.15) is 5.75 Å². The minimum atomic E-state index is 0.729. The first-order chi connectivity index (χ1) is 10.7. The maximum Gasteiger partial charge on any atom is 0.120 e. The van der Waals surface area contributed by atoms with E-state index in [4.69, 9.17) is 16.3 Å². The van der Waals surface area contributed by atoms with Crippen molar-refractivity contribution in [3.05, 3.63) is 53.6 Å². The summed E-state index contributed by atoms with van der Waals surface area (Å²) in [5.74, 6) is 0.878. The molecule has 2 nitrogen and oxygen atoms in total. The lowest BCUT2D eigenvalue weighted by molar-refractivity contribution is 0.249. The molecule has 22 heavy (non-hydrogen) atoms. The van der Waals surface area contributed by atoms with Gasteiger partial charge in [0.25, 0.3) is 0 Å². The Kier molecular flexibility index (Phi) is 6.75. The molecule has 0 saturated heterocycles. The Morgan fingerprint density at radius 1 is 1.00 bits per heavy atom. The molecule has 2 aromatic carbocycles. The molecule has 0 fully saturated rings. The molecule has 0 radical (unpaired) electrons. The summed E-state index contributed by atoms with van der Waals surface area (Å²) in [6.07, 6.45) is 1.03. The second kappa shape index (κ2) is 8.82. The fourth-order valence-corrected chi connectivity index (χ4v) is 2.68. The van der Waals surface area contributed by atoms with Crippen LogP contribution in [-0.2, 0) is 0 Å². The highest BCUT2D eigenvalue weighted by molar-refractivity contribution is 6.33. The van der Waals surface area contributed by atoms with Crippen LogP contribution in [0.1, 0.15) is 20.3 Å². The summed E-state index contributed by atoms with van der Waals surface area (Å²) >= 11 is 6.31. The maximum absolute atomic E-state index is 6.31. The van der Waals surface area contributed by atoms with Crippen LogP contribution >= 0.6 is 11.6 Å². The summed E-state index contributed by atoms with van der Waals surface area (Å²) in [5, 5.41) is 0.752.